The number of nitrogen functional groups attached to an aromatic ring is 2. The molecule has 2 rings (SSSR count). The van der Waals surface area contributed by atoms with Gasteiger partial charge in [0.05, 0.1) is 0 Å². The number of alkyl halides is 10. The Morgan fingerprint density at radius 1 is 0.448 bits per heavy atom. The van der Waals surface area contributed by atoms with E-state index in [1.54, 1.807) is 0 Å². The lowest BCUT2D eigenvalue weighted by Crippen LogP contribution is -2.66. The lowest BCUT2D eigenvalue weighted by molar-refractivity contribution is -0.410. The number of hydrogen-bond acceptors (Lipinski definition) is 2. The van der Waals surface area contributed by atoms with Crippen LogP contribution in [0.15, 0.2) is 48.5 Å². The number of hydrogen-bond donors (Lipinski definition) is 2. The topological polar surface area (TPSA) is 52.0 Å². The zero-order valence-corrected chi connectivity index (χ0v) is 14.1. The van der Waals surface area contributed by atoms with Gasteiger partial charge in [0, 0.05) is 22.5 Å². The molecule has 0 heterocycles. The van der Waals surface area contributed by atoms with Gasteiger partial charge in [0.2, 0.25) is 5.67 Å². The van der Waals surface area contributed by atoms with E-state index in [-0.39, 0.29) is 11.4 Å². The quantitative estimate of drug-likeness (QED) is 0.480. The average Bonchev–Trinajstić information content (AvgIpc) is 2.60. The first-order valence-electron chi connectivity index (χ1n) is 7.61. The minimum atomic E-state index is -7.25. The van der Waals surface area contributed by atoms with Crippen molar-refractivity contribution in [3.8, 4) is 0 Å². The summed E-state index contributed by atoms with van der Waals surface area (Å²) in [4.78, 5) is 0. The summed E-state index contributed by atoms with van der Waals surface area (Å²) in [5.41, 5.74) is 2.90. The molecule has 0 aliphatic heterocycles. The van der Waals surface area contributed by atoms with Crippen LogP contribution in [0.3, 0.4) is 0 Å². The van der Waals surface area contributed by atoms with Gasteiger partial charge in [0.25, 0.3) is 0 Å². The summed E-state index contributed by atoms with van der Waals surface area (Å²) in [6.45, 7) is 0. The largest absolute Gasteiger partial charge is 0.460 e. The Labute approximate surface area is 157 Å². The molecule has 0 atom stereocenters. The second-order valence-electron chi connectivity index (χ2n) is 6.12. The highest BCUT2D eigenvalue weighted by Gasteiger charge is 2.86. The standard InChI is InChI=1S/C17H12F10N2/c18-13(9-1-5-11(28)6-2-9,10-3-7-12(29)8-4-10)14(19,20)15(21,22)16(23,24)17(25,26)27/h1-8H,28-29H2. The van der Waals surface area contributed by atoms with E-state index >= 15 is 4.39 Å². The van der Waals surface area contributed by atoms with Crippen LogP contribution in [0, 0.1) is 0 Å². The van der Waals surface area contributed by atoms with Crippen LogP contribution in [0.4, 0.5) is 55.3 Å². The predicted octanol–water partition coefficient (Wildman–Crippen LogP) is 5.53. The molecule has 12 heteroatoms. The van der Waals surface area contributed by atoms with Crippen molar-refractivity contribution in [3.63, 3.8) is 0 Å². The zero-order valence-electron chi connectivity index (χ0n) is 14.1. The summed E-state index contributed by atoms with van der Waals surface area (Å²) in [5.74, 6) is -21.0. The van der Waals surface area contributed by atoms with Crippen LogP contribution < -0.4 is 11.5 Å². The maximum atomic E-state index is 15.7. The lowest BCUT2D eigenvalue weighted by atomic mass is 9.78. The van der Waals surface area contributed by atoms with Gasteiger partial charge in [-0.25, -0.2) is 4.39 Å². The van der Waals surface area contributed by atoms with Gasteiger partial charge in [-0.1, -0.05) is 24.3 Å². The van der Waals surface area contributed by atoms with Crippen LogP contribution in [0.1, 0.15) is 11.1 Å². The molecule has 29 heavy (non-hydrogen) atoms. The molecule has 0 saturated carbocycles. The maximum absolute atomic E-state index is 15.7. The van der Waals surface area contributed by atoms with E-state index in [2.05, 4.69) is 0 Å². The fourth-order valence-electron chi connectivity index (χ4n) is 2.55. The van der Waals surface area contributed by atoms with Gasteiger partial charge in [-0.15, -0.1) is 0 Å². The highest BCUT2D eigenvalue weighted by atomic mass is 19.4. The van der Waals surface area contributed by atoms with Crippen LogP contribution in [0.5, 0.6) is 0 Å². The van der Waals surface area contributed by atoms with Crippen molar-refractivity contribution in [2.24, 2.45) is 0 Å². The smallest absolute Gasteiger partial charge is 0.399 e. The van der Waals surface area contributed by atoms with Crippen LogP contribution >= 0.6 is 0 Å². The summed E-state index contributed by atoms with van der Waals surface area (Å²) in [5, 5.41) is 0. The van der Waals surface area contributed by atoms with Crippen LogP contribution in [0.25, 0.3) is 0 Å². The molecule has 2 aromatic carbocycles. The molecule has 4 N–H and O–H groups in total. The molecule has 0 aromatic heterocycles. The van der Waals surface area contributed by atoms with Crippen LogP contribution in [-0.4, -0.2) is 23.9 Å². The first kappa shape index (κ1) is 22.6. The molecule has 0 spiro atoms. The van der Waals surface area contributed by atoms with Crippen molar-refractivity contribution in [2.45, 2.75) is 29.6 Å². The van der Waals surface area contributed by atoms with Crippen molar-refractivity contribution < 1.29 is 43.9 Å². The molecule has 160 valence electrons. The lowest BCUT2D eigenvalue weighted by Gasteiger charge is -2.41. The second-order valence-corrected chi connectivity index (χ2v) is 6.12. The van der Waals surface area contributed by atoms with Gasteiger partial charge in [-0.05, 0) is 24.3 Å². The molecule has 0 aliphatic carbocycles. The molecule has 0 radical (unpaired) electrons. The van der Waals surface area contributed by atoms with E-state index < -0.39 is 40.7 Å². The molecule has 0 fully saturated rings. The van der Waals surface area contributed by atoms with Gasteiger partial charge in [-0.2, -0.15) is 39.5 Å². The Morgan fingerprint density at radius 2 is 0.759 bits per heavy atom. The van der Waals surface area contributed by atoms with E-state index in [9.17, 15) is 39.5 Å². The van der Waals surface area contributed by atoms with Crippen LogP contribution in [0.2, 0.25) is 0 Å². The van der Waals surface area contributed by atoms with Gasteiger partial charge < -0.3 is 11.5 Å². The van der Waals surface area contributed by atoms with E-state index in [4.69, 9.17) is 11.5 Å². The Balaban J connectivity index is 2.83. The second kappa shape index (κ2) is 6.70. The number of anilines is 2. The maximum Gasteiger partial charge on any atom is 0.460 e. The summed E-state index contributed by atoms with van der Waals surface area (Å²) in [7, 11) is 0. The highest BCUT2D eigenvalue weighted by Crippen LogP contribution is 2.61. The minimum Gasteiger partial charge on any atom is -0.399 e. The third kappa shape index (κ3) is 3.23. The van der Waals surface area contributed by atoms with Gasteiger partial charge in [-0.3, -0.25) is 0 Å². The highest BCUT2D eigenvalue weighted by molar-refractivity contribution is 5.49. The molecular weight excluding hydrogens is 422 g/mol. The third-order valence-corrected chi connectivity index (χ3v) is 4.19. The molecule has 2 nitrogen and oxygen atoms in total. The Hall–Kier alpha value is -2.66. The van der Waals surface area contributed by atoms with Crippen molar-refractivity contribution >= 4 is 11.4 Å². The molecule has 0 amide bonds. The number of benzene rings is 2. The Kier molecular flexibility index (Phi) is 5.23. The monoisotopic (exact) mass is 434 g/mol. The van der Waals surface area contributed by atoms with E-state index in [1.807, 2.05) is 0 Å². The van der Waals surface area contributed by atoms with Crippen molar-refractivity contribution in [3.05, 3.63) is 59.7 Å². The minimum absolute atomic E-state index is 0.135. The first-order chi connectivity index (χ1) is 13.0. The molecule has 0 aliphatic rings. The molecule has 0 unspecified atom stereocenters. The summed E-state index contributed by atoms with van der Waals surface area (Å²) < 4.78 is 137. The summed E-state index contributed by atoms with van der Waals surface area (Å²) in [6, 6.07) is 5.05. The van der Waals surface area contributed by atoms with E-state index in [0.717, 1.165) is 24.3 Å². The molecule has 0 saturated heterocycles. The number of rotatable bonds is 5. The number of halogens is 10. The molecule has 2 aromatic rings. The van der Waals surface area contributed by atoms with Crippen LogP contribution in [-0.2, 0) is 5.67 Å². The predicted molar refractivity (Wildman–Crippen MR) is 84.5 cm³/mol. The molecular formula is C17H12F10N2. The average molecular weight is 434 g/mol. The van der Waals surface area contributed by atoms with Gasteiger partial charge in [0.1, 0.15) is 0 Å². The summed E-state index contributed by atoms with van der Waals surface area (Å²) in [6.07, 6.45) is -7.08. The summed E-state index contributed by atoms with van der Waals surface area (Å²) >= 11 is 0. The zero-order chi connectivity index (χ0) is 22.5. The van der Waals surface area contributed by atoms with E-state index in [0.29, 0.717) is 24.3 Å². The van der Waals surface area contributed by atoms with Gasteiger partial charge in [0.15, 0.2) is 0 Å². The first-order valence-corrected chi connectivity index (χ1v) is 7.61. The normalized spacial score (nSPS) is 14.1. The van der Waals surface area contributed by atoms with Crippen molar-refractivity contribution in [1.82, 2.24) is 0 Å². The van der Waals surface area contributed by atoms with Gasteiger partial charge >= 0.3 is 23.9 Å². The van der Waals surface area contributed by atoms with Crippen molar-refractivity contribution in [2.75, 3.05) is 11.5 Å². The fourth-order valence-corrected chi connectivity index (χ4v) is 2.55. The SMILES string of the molecule is Nc1ccc(C(F)(c2ccc(N)cc2)C(F)(F)C(F)(F)C(F)(F)C(F)(F)F)cc1. The Bertz CT molecular complexity index is 812. The fraction of sp³-hybridized carbons (Fsp3) is 0.294. The van der Waals surface area contributed by atoms with E-state index in [1.165, 1.54) is 0 Å². The third-order valence-electron chi connectivity index (χ3n) is 4.19. The van der Waals surface area contributed by atoms with Crippen molar-refractivity contribution in [1.29, 1.82) is 0 Å². The Morgan fingerprint density at radius 3 is 1.03 bits per heavy atom. The number of nitrogens with two attached hydrogens (primary N) is 2. The molecule has 0 bridgehead atoms.